The second-order valence-electron chi connectivity index (χ2n) is 5.46. The molecule has 0 spiro atoms. The third-order valence-electron chi connectivity index (χ3n) is 3.83. The number of benzene rings is 2. The number of sulfone groups is 1. The van der Waals surface area contributed by atoms with Gasteiger partial charge in [0.05, 0.1) is 28.7 Å². The van der Waals surface area contributed by atoms with Crippen molar-refractivity contribution in [3.8, 4) is 0 Å². The van der Waals surface area contributed by atoms with Crippen molar-refractivity contribution < 1.29 is 13.5 Å². The Morgan fingerprint density at radius 1 is 1.08 bits per heavy atom. The number of nitrogens with zero attached hydrogens (tertiary/aromatic N) is 2. The van der Waals surface area contributed by atoms with Crippen LogP contribution in [-0.2, 0) is 9.84 Å². The summed E-state index contributed by atoms with van der Waals surface area (Å²) in [5.74, 6) is -0.269. The van der Waals surface area contributed by atoms with E-state index in [1.54, 1.807) is 24.3 Å². The van der Waals surface area contributed by atoms with Crippen molar-refractivity contribution >= 4 is 32.8 Å². The van der Waals surface area contributed by atoms with Crippen LogP contribution >= 0.6 is 11.6 Å². The molecule has 7 heteroatoms. The summed E-state index contributed by atoms with van der Waals surface area (Å²) in [7, 11) is -3.43. The van der Waals surface area contributed by atoms with E-state index in [2.05, 4.69) is 5.10 Å². The van der Waals surface area contributed by atoms with Crippen LogP contribution in [0.1, 0.15) is 12.0 Å². The van der Waals surface area contributed by atoms with Crippen molar-refractivity contribution in [2.24, 2.45) is 5.10 Å². The molecule has 5 nitrogen and oxygen atoms in total. The summed E-state index contributed by atoms with van der Waals surface area (Å²) in [5, 5.41) is 16.0. The van der Waals surface area contributed by atoms with Gasteiger partial charge in [0.2, 0.25) is 0 Å². The molecule has 0 aromatic heterocycles. The zero-order valence-electron chi connectivity index (χ0n) is 12.9. The van der Waals surface area contributed by atoms with E-state index in [-0.39, 0.29) is 17.3 Å². The van der Waals surface area contributed by atoms with Crippen LogP contribution in [0, 0.1) is 0 Å². The van der Waals surface area contributed by atoms with Crippen LogP contribution in [0.2, 0.25) is 5.02 Å². The van der Waals surface area contributed by atoms with Crippen LogP contribution in [0.15, 0.2) is 58.5 Å². The first-order valence-electron chi connectivity index (χ1n) is 7.54. The summed E-state index contributed by atoms with van der Waals surface area (Å²) in [5.41, 5.74) is 2.84. The lowest BCUT2D eigenvalue weighted by Crippen LogP contribution is -2.13. The van der Waals surface area contributed by atoms with Crippen molar-refractivity contribution in [2.75, 3.05) is 23.9 Å². The van der Waals surface area contributed by atoms with Crippen LogP contribution in [0.4, 0.5) is 5.69 Å². The van der Waals surface area contributed by atoms with E-state index in [4.69, 9.17) is 16.7 Å². The minimum atomic E-state index is -3.43. The van der Waals surface area contributed by atoms with Gasteiger partial charge in [-0.15, -0.1) is 0 Å². The largest absolute Gasteiger partial charge is 0.395 e. The van der Waals surface area contributed by atoms with E-state index in [0.717, 1.165) is 29.9 Å². The predicted octanol–water partition coefficient (Wildman–Crippen LogP) is 2.72. The molecule has 0 unspecified atom stereocenters. The molecular formula is C17H17ClN2O3S. The Bertz CT molecular complexity index is 846. The second-order valence-corrected chi connectivity index (χ2v) is 8.01. The lowest BCUT2D eigenvalue weighted by Gasteiger charge is -2.14. The van der Waals surface area contributed by atoms with Crippen LogP contribution in [0.3, 0.4) is 0 Å². The van der Waals surface area contributed by atoms with Crippen LogP contribution in [-0.4, -0.2) is 38.1 Å². The maximum Gasteiger partial charge on any atom is 0.180 e. The fourth-order valence-corrected chi connectivity index (χ4v) is 3.71. The third-order valence-corrected chi connectivity index (χ3v) is 5.80. The van der Waals surface area contributed by atoms with Gasteiger partial charge in [-0.05, 0) is 42.0 Å². The van der Waals surface area contributed by atoms with E-state index in [1.807, 2.05) is 29.3 Å². The van der Waals surface area contributed by atoms with E-state index < -0.39 is 9.84 Å². The first kappa shape index (κ1) is 17.0. The summed E-state index contributed by atoms with van der Waals surface area (Å²) >= 11 is 5.90. The van der Waals surface area contributed by atoms with Crippen molar-refractivity contribution in [1.29, 1.82) is 0 Å². The standard InChI is InChI=1S/C17H17ClN2O3S/c18-14-3-1-13(2-4-14)17-9-10-20(19-17)15-5-7-16(8-6-15)24(22,23)12-11-21/h1-8,21H,9-12H2. The topological polar surface area (TPSA) is 70.0 Å². The van der Waals surface area contributed by atoms with E-state index in [0.29, 0.717) is 5.02 Å². The van der Waals surface area contributed by atoms with Gasteiger partial charge in [0.15, 0.2) is 9.84 Å². The summed E-state index contributed by atoms with van der Waals surface area (Å²) in [6, 6.07) is 14.1. The zero-order valence-corrected chi connectivity index (χ0v) is 14.5. The third kappa shape index (κ3) is 3.61. The minimum absolute atomic E-state index is 0.210. The molecule has 0 radical (unpaired) electrons. The van der Waals surface area contributed by atoms with Crippen LogP contribution in [0.5, 0.6) is 0 Å². The molecule has 0 saturated heterocycles. The highest BCUT2D eigenvalue weighted by Gasteiger charge is 2.19. The Kier molecular flexibility index (Phi) is 4.89. The van der Waals surface area contributed by atoms with E-state index in [9.17, 15) is 8.42 Å². The number of hydrazone groups is 1. The van der Waals surface area contributed by atoms with Crippen molar-refractivity contribution in [3.63, 3.8) is 0 Å². The molecule has 0 bridgehead atoms. The highest BCUT2D eigenvalue weighted by molar-refractivity contribution is 7.91. The van der Waals surface area contributed by atoms with Crippen LogP contribution in [0.25, 0.3) is 0 Å². The molecule has 3 rings (SSSR count). The summed E-state index contributed by atoms with van der Waals surface area (Å²) < 4.78 is 23.8. The summed E-state index contributed by atoms with van der Waals surface area (Å²) in [4.78, 5) is 0.210. The first-order valence-corrected chi connectivity index (χ1v) is 9.57. The molecule has 1 heterocycles. The highest BCUT2D eigenvalue weighted by Crippen LogP contribution is 2.24. The fraction of sp³-hybridized carbons (Fsp3) is 0.235. The molecule has 2 aromatic carbocycles. The molecule has 2 aromatic rings. The molecule has 1 aliphatic heterocycles. The van der Waals surface area contributed by atoms with Crippen molar-refractivity contribution in [3.05, 3.63) is 59.1 Å². The van der Waals surface area contributed by atoms with Gasteiger partial charge in [-0.3, -0.25) is 5.01 Å². The monoisotopic (exact) mass is 364 g/mol. The number of anilines is 1. The summed E-state index contributed by atoms with van der Waals surface area (Å²) in [6.07, 6.45) is 0.812. The molecule has 0 atom stereocenters. The van der Waals surface area contributed by atoms with Crippen molar-refractivity contribution in [1.82, 2.24) is 0 Å². The number of halogens is 1. The number of hydrogen-bond donors (Lipinski definition) is 1. The average Bonchev–Trinajstić information content (AvgIpc) is 3.05. The molecule has 24 heavy (non-hydrogen) atoms. The molecule has 1 N–H and O–H groups in total. The predicted molar refractivity (Wildman–Crippen MR) is 95.5 cm³/mol. The van der Waals surface area contributed by atoms with Gasteiger partial charge < -0.3 is 5.11 Å². The normalized spacial score (nSPS) is 14.8. The highest BCUT2D eigenvalue weighted by atomic mass is 35.5. The molecule has 0 aliphatic carbocycles. The van der Waals surface area contributed by atoms with Gasteiger partial charge in [0.25, 0.3) is 0 Å². The van der Waals surface area contributed by atoms with Gasteiger partial charge in [-0.25, -0.2) is 8.42 Å². The lowest BCUT2D eigenvalue weighted by molar-refractivity contribution is 0.319. The Morgan fingerprint density at radius 2 is 1.75 bits per heavy atom. The van der Waals surface area contributed by atoms with Crippen LogP contribution < -0.4 is 5.01 Å². The quantitative estimate of drug-likeness (QED) is 0.885. The fourth-order valence-electron chi connectivity index (χ4n) is 2.55. The Hall–Kier alpha value is -1.89. The lowest BCUT2D eigenvalue weighted by atomic mass is 10.1. The molecule has 0 saturated carbocycles. The van der Waals surface area contributed by atoms with E-state index >= 15 is 0 Å². The SMILES string of the molecule is O=S(=O)(CCO)c1ccc(N2CCC(c3ccc(Cl)cc3)=N2)cc1. The maximum absolute atomic E-state index is 11.9. The van der Waals surface area contributed by atoms with Gasteiger partial charge in [-0.2, -0.15) is 5.10 Å². The van der Waals surface area contributed by atoms with Gasteiger partial charge in [-0.1, -0.05) is 23.7 Å². The number of aliphatic hydroxyl groups excluding tert-OH is 1. The Morgan fingerprint density at radius 3 is 2.38 bits per heavy atom. The van der Waals surface area contributed by atoms with Gasteiger partial charge in [0.1, 0.15) is 0 Å². The number of rotatable bonds is 5. The van der Waals surface area contributed by atoms with Gasteiger partial charge >= 0.3 is 0 Å². The second kappa shape index (κ2) is 6.93. The van der Waals surface area contributed by atoms with Gasteiger partial charge in [0, 0.05) is 18.0 Å². The summed E-state index contributed by atoms with van der Waals surface area (Å²) in [6.45, 7) is 0.353. The minimum Gasteiger partial charge on any atom is -0.395 e. The first-order chi connectivity index (χ1) is 11.5. The molecule has 126 valence electrons. The zero-order chi connectivity index (χ0) is 17.2. The molecule has 0 fully saturated rings. The van der Waals surface area contributed by atoms with E-state index in [1.165, 1.54) is 0 Å². The Labute approximate surface area is 146 Å². The smallest absolute Gasteiger partial charge is 0.180 e. The Balaban J connectivity index is 1.79. The van der Waals surface area contributed by atoms with Crippen molar-refractivity contribution in [2.45, 2.75) is 11.3 Å². The number of hydrogen-bond acceptors (Lipinski definition) is 5. The average molecular weight is 365 g/mol. The maximum atomic E-state index is 11.9. The molecular weight excluding hydrogens is 348 g/mol. The number of aliphatic hydroxyl groups is 1. The molecule has 1 aliphatic rings. The molecule has 0 amide bonds.